The summed E-state index contributed by atoms with van der Waals surface area (Å²) < 4.78 is 5.06. The van der Waals surface area contributed by atoms with E-state index in [9.17, 15) is 4.79 Å². The number of benzene rings is 1. The summed E-state index contributed by atoms with van der Waals surface area (Å²) in [7, 11) is 0. The van der Waals surface area contributed by atoms with Crippen molar-refractivity contribution in [2.45, 2.75) is 26.7 Å². The largest absolute Gasteiger partial charge is 0.370 e. The van der Waals surface area contributed by atoms with Gasteiger partial charge in [0.15, 0.2) is 0 Å². The van der Waals surface area contributed by atoms with Crippen molar-refractivity contribution in [3.8, 4) is 0 Å². The Labute approximate surface area is 134 Å². The Kier molecular flexibility index (Phi) is 4.07. The second-order valence-corrected chi connectivity index (χ2v) is 5.95. The van der Waals surface area contributed by atoms with Crippen LogP contribution in [0.2, 0.25) is 5.02 Å². The van der Waals surface area contributed by atoms with Gasteiger partial charge >= 0.3 is 0 Å². The van der Waals surface area contributed by atoms with E-state index in [1.165, 1.54) is 12.8 Å². The minimum Gasteiger partial charge on any atom is -0.370 e. The predicted octanol–water partition coefficient (Wildman–Crippen LogP) is 3.80. The van der Waals surface area contributed by atoms with Crippen molar-refractivity contribution >= 4 is 28.9 Å². The van der Waals surface area contributed by atoms with Crippen LogP contribution in [-0.4, -0.2) is 24.2 Å². The van der Waals surface area contributed by atoms with Gasteiger partial charge in [-0.15, -0.1) is 0 Å². The fourth-order valence-corrected chi connectivity index (χ4v) is 3.01. The highest BCUT2D eigenvalue weighted by molar-refractivity contribution is 6.31. The summed E-state index contributed by atoms with van der Waals surface area (Å²) >= 11 is 6.09. The van der Waals surface area contributed by atoms with E-state index in [0.29, 0.717) is 22.0 Å². The zero-order chi connectivity index (χ0) is 15.7. The van der Waals surface area contributed by atoms with E-state index in [2.05, 4.69) is 15.4 Å². The molecule has 116 valence electrons. The number of aromatic nitrogens is 1. The summed E-state index contributed by atoms with van der Waals surface area (Å²) in [4.78, 5) is 14.8. The molecule has 0 radical (unpaired) electrons. The van der Waals surface area contributed by atoms with Gasteiger partial charge in [0, 0.05) is 18.1 Å². The number of halogens is 1. The molecule has 2 heterocycles. The van der Waals surface area contributed by atoms with Crippen LogP contribution in [0, 0.1) is 13.8 Å². The number of hydrogen-bond acceptors (Lipinski definition) is 4. The summed E-state index contributed by atoms with van der Waals surface area (Å²) in [6.45, 7) is 5.48. The molecule has 1 aromatic carbocycles. The molecule has 0 saturated carbocycles. The molecule has 1 aliphatic rings. The maximum atomic E-state index is 12.5. The second kappa shape index (κ2) is 6.01. The van der Waals surface area contributed by atoms with Gasteiger partial charge in [-0.25, -0.2) is 0 Å². The fourth-order valence-electron chi connectivity index (χ4n) is 2.83. The van der Waals surface area contributed by atoms with Crippen LogP contribution >= 0.6 is 11.6 Å². The normalized spacial score (nSPS) is 14.4. The minimum atomic E-state index is -0.223. The third-order valence-electron chi connectivity index (χ3n) is 3.91. The van der Waals surface area contributed by atoms with Crippen LogP contribution in [0.5, 0.6) is 0 Å². The third kappa shape index (κ3) is 2.81. The van der Waals surface area contributed by atoms with Crippen molar-refractivity contribution in [3.05, 3.63) is 40.2 Å². The van der Waals surface area contributed by atoms with Crippen LogP contribution in [0.3, 0.4) is 0 Å². The molecule has 1 fully saturated rings. The fraction of sp³-hybridized carbons (Fsp3) is 0.375. The number of carbonyl (C=O) groups excluding carboxylic acids is 1. The Morgan fingerprint density at radius 2 is 2.05 bits per heavy atom. The van der Waals surface area contributed by atoms with Crippen LogP contribution in [0.4, 0.5) is 11.4 Å². The first kappa shape index (κ1) is 14.9. The quantitative estimate of drug-likeness (QED) is 0.935. The molecule has 1 N–H and O–H groups in total. The van der Waals surface area contributed by atoms with Crippen molar-refractivity contribution in [2.24, 2.45) is 0 Å². The number of anilines is 2. The van der Waals surface area contributed by atoms with Gasteiger partial charge in [-0.1, -0.05) is 16.8 Å². The van der Waals surface area contributed by atoms with Crippen molar-refractivity contribution in [3.63, 3.8) is 0 Å². The van der Waals surface area contributed by atoms with E-state index in [4.69, 9.17) is 16.1 Å². The molecule has 22 heavy (non-hydrogen) atoms. The van der Waals surface area contributed by atoms with Gasteiger partial charge in [-0.05, 0) is 44.9 Å². The molecule has 0 spiro atoms. The number of amides is 1. The molecule has 3 rings (SSSR count). The number of carbonyl (C=O) groups is 1. The van der Waals surface area contributed by atoms with Crippen LogP contribution < -0.4 is 10.2 Å². The van der Waals surface area contributed by atoms with E-state index >= 15 is 0 Å². The Hall–Kier alpha value is -2.01. The lowest BCUT2D eigenvalue weighted by Crippen LogP contribution is -2.21. The molecular weight excluding hydrogens is 302 g/mol. The topological polar surface area (TPSA) is 58.4 Å². The minimum absolute atomic E-state index is 0.223. The average molecular weight is 320 g/mol. The maximum Gasteiger partial charge on any atom is 0.261 e. The lowest BCUT2D eigenvalue weighted by atomic mass is 10.1. The average Bonchev–Trinajstić information content (AvgIpc) is 3.09. The lowest BCUT2D eigenvalue weighted by molar-refractivity contribution is 0.102. The monoisotopic (exact) mass is 319 g/mol. The van der Waals surface area contributed by atoms with Gasteiger partial charge < -0.3 is 14.7 Å². The van der Waals surface area contributed by atoms with Gasteiger partial charge in [0.1, 0.15) is 11.3 Å². The summed E-state index contributed by atoms with van der Waals surface area (Å²) in [5.41, 5.74) is 2.79. The van der Waals surface area contributed by atoms with E-state index in [0.717, 1.165) is 24.5 Å². The molecule has 2 aromatic rings. The third-order valence-corrected chi connectivity index (χ3v) is 4.15. The highest BCUT2D eigenvalue weighted by Gasteiger charge is 2.21. The van der Waals surface area contributed by atoms with Crippen molar-refractivity contribution in [1.82, 2.24) is 5.16 Å². The smallest absolute Gasteiger partial charge is 0.261 e. The van der Waals surface area contributed by atoms with Gasteiger partial charge in [0.25, 0.3) is 5.91 Å². The first-order valence-corrected chi connectivity index (χ1v) is 7.73. The van der Waals surface area contributed by atoms with Crippen LogP contribution in [0.15, 0.2) is 22.7 Å². The molecule has 0 atom stereocenters. The SMILES string of the molecule is Cc1noc(C)c1C(=O)Nc1cc(Cl)ccc1N1CCCC1. The van der Waals surface area contributed by atoms with Crippen molar-refractivity contribution < 1.29 is 9.32 Å². The summed E-state index contributed by atoms with van der Waals surface area (Å²) in [6.07, 6.45) is 2.33. The summed E-state index contributed by atoms with van der Waals surface area (Å²) in [6, 6.07) is 5.59. The summed E-state index contributed by atoms with van der Waals surface area (Å²) in [5, 5.41) is 7.37. The number of nitrogens with zero attached hydrogens (tertiary/aromatic N) is 2. The van der Waals surface area contributed by atoms with E-state index in [1.807, 2.05) is 12.1 Å². The Morgan fingerprint density at radius 3 is 2.68 bits per heavy atom. The molecule has 1 amide bonds. The number of hydrogen-bond donors (Lipinski definition) is 1. The molecule has 1 saturated heterocycles. The van der Waals surface area contributed by atoms with Gasteiger partial charge in [0.2, 0.25) is 0 Å². The predicted molar refractivity (Wildman–Crippen MR) is 86.8 cm³/mol. The molecule has 6 heteroatoms. The van der Waals surface area contributed by atoms with Crippen LogP contribution in [0.1, 0.15) is 34.7 Å². The van der Waals surface area contributed by atoms with Gasteiger partial charge in [-0.3, -0.25) is 4.79 Å². The number of aryl methyl sites for hydroxylation is 2. The molecule has 1 aromatic heterocycles. The molecule has 5 nitrogen and oxygen atoms in total. The molecule has 0 unspecified atom stereocenters. The zero-order valence-corrected chi connectivity index (χ0v) is 13.4. The Morgan fingerprint density at radius 1 is 1.32 bits per heavy atom. The Bertz CT molecular complexity index is 686. The van der Waals surface area contributed by atoms with E-state index < -0.39 is 0 Å². The van der Waals surface area contributed by atoms with E-state index in [-0.39, 0.29) is 5.91 Å². The highest BCUT2D eigenvalue weighted by Crippen LogP contribution is 2.32. The first-order chi connectivity index (χ1) is 10.6. The standard InChI is InChI=1S/C16H18ClN3O2/c1-10-15(11(2)22-19-10)16(21)18-13-9-12(17)5-6-14(13)20-7-3-4-8-20/h5-6,9H,3-4,7-8H2,1-2H3,(H,18,21). The van der Waals surface area contributed by atoms with Gasteiger partial charge in [0.05, 0.1) is 17.1 Å². The first-order valence-electron chi connectivity index (χ1n) is 7.35. The molecule has 1 aliphatic heterocycles. The van der Waals surface area contributed by atoms with Gasteiger partial charge in [-0.2, -0.15) is 0 Å². The van der Waals surface area contributed by atoms with Crippen molar-refractivity contribution in [2.75, 3.05) is 23.3 Å². The summed E-state index contributed by atoms with van der Waals surface area (Å²) in [5.74, 6) is 0.290. The molecule has 0 aliphatic carbocycles. The number of nitrogens with one attached hydrogen (secondary N) is 1. The maximum absolute atomic E-state index is 12.5. The Balaban J connectivity index is 1.91. The van der Waals surface area contributed by atoms with Crippen LogP contribution in [-0.2, 0) is 0 Å². The highest BCUT2D eigenvalue weighted by atomic mass is 35.5. The van der Waals surface area contributed by atoms with E-state index in [1.54, 1.807) is 19.9 Å². The zero-order valence-electron chi connectivity index (χ0n) is 12.6. The van der Waals surface area contributed by atoms with Crippen molar-refractivity contribution in [1.29, 1.82) is 0 Å². The number of rotatable bonds is 3. The second-order valence-electron chi connectivity index (χ2n) is 5.51. The molecule has 0 bridgehead atoms. The molecular formula is C16H18ClN3O2. The van der Waals surface area contributed by atoms with Crippen LogP contribution in [0.25, 0.3) is 0 Å². The lowest BCUT2D eigenvalue weighted by Gasteiger charge is -2.21.